The molecule has 0 atom stereocenters. The third kappa shape index (κ3) is 4.49. The van der Waals surface area contributed by atoms with Crippen molar-refractivity contribution in [2.24, 2.45) is 0 Å². The summed E-state index contributed by atoms with van der Waals surface area (Å²) in [4.78, 5) is 32.3. The third-order valence-corrected chi connectivity index (χ3v) is 6.82. The quantitative estimate of drug-likeness (QED) is 0.476. The van der Waals surface area contributed by atoms with Gasteiger partial charge in [0, 0.05) is 37.7 Å². The molecule has 6 heteroatoms. The van der Waals surface area contributed by atoms with Crippen molar-refractivity contribution >= 4 is 35.2 Å². The van der Waals surface area contributed by atoms with E-state index in [4.69, 9.17) is 11.6 Å². The molecule has 0 aliphatic carbocycles. The van der Waals surface area contributed by atoms with E-state index >= 15 is 0 Å². The van der Waals surface area contributed by atoms with Crippen LogP contribution in [0.5, 0.6) is 0 Å². The number of hydrogen-bond acceptors (Lipinski definition) is 4. The molecule has 1 saturated heterocycles. The van der Waals surface area contributed by atoms with Crippen LogP contribution in [0.4, 0.5) is 5.69 Å². The summed E-state index contributed by atoms with van der Waals surface area (Å²) in [5, 5.41) is 0.553. The maximum atomic E-state index is 13.3. The molecule has 2 aliphatic heterocycles. The van der Waals surface area contributed by atoms with Crippen LogP contribution in [0.3, 0.4) is 0 Å². The van der Waals surface area contributed by atoms with E-state index in [1.165, 1.54) is 10.5 Å². The Morgan fingerprint density at radius 3 is 2.29 bits per heavy atom. The second-order valence-electron chi connectivity index (χ2n) is 8.59. The van der Waals surface area contributed by atoms with Gasteiger partial charge in [0.25, 0.3) is 11.8 Å². The van der Waals surface area contributed by atoms with E-state index in [9.17, 15) is 9.59 Å². The normalized spacial score (nSPS) is 16.5. The van der Waals surface area contributed by atoms with Gasteiger partial charge >= 0.3 is 0 Å². The largest absolute Gasteiger partial charge is 0.368 e. The number of hydrogen-bond donors (Lipinski definition) is 0. The lowest BCUT2D eigenvalue weighted by molar-refractivity contribution is 0.0642. The minimum atomic E-state index is -0.258. The molecule has 0 unspecified atom stereocenters. The number of carbonyl (C=O) groups excluding carboxylic acids is 2. The molecular weight excluding hydrogens is 446 g/mol. The zero-order valence-electron chi connectivity index (χ0n) is 18.9. The van der Waals surface area contributed by atoms with Gasteiger partial charge in [-0.25, -0.2) is 0 Å². The van der Waals surface area contributed by atoms with Crippen molar-refractivity contribution in [3.63, 3.8) is 0 Å². The lowest BCUT2D eigenvalue weighted by atomic mass is 10.1. The SMILES string of the molecule is O=C1c2cccc(N3CCN(C/C=C/c4ccccc4)CC3)c2C(=O)N1Cc1ccccc1Cl. The number of benzene rings is 3. The van der Waals surface area contributed by atoms with Crippen LogP contribution in [0.15, 0.2) is 78.9 Å². The Kier molecular flexibility index (Phi) is 6.48. The van der Waals surface area contributed by atoms with Crippen molar-refractivity contribution in [1.29, 1.82) is 0 Å². The van der Waals surface area contributed by atoms with Crippen LogP contribution in [0.1, 0.15) is 31.8 Å². The Labute approximate surface area is 204 Å². The average Bonchev–Trinajstić information content (AvgIpc) is 3.11. The molecule has 0 spiro atoms. The van der Waals surface area contributed by atoms with E-state index in [1.807, 2.05) is 48.5 Å². The number of fused-ring (bicyclic) bond motifs is 1. The van der Waals surface area contributed by atoms with Crippen molar-refractivity contribution < 1.29 is 9.59 Å². The van der Waals surface area contributed by atoms with Crippen molar-refractivity contribution in [3.05, 3.63) is 106 Å². The molecule has 0 radical (unpaired) electrons. The number of piperazine rings is 1. The minimum absolute atomic E-state index is 0.174. The van der Waals surface area contributed by atoms with Crippen LogP contribution in [0.2, 0.25) is 5.02 Å². The monoisotopic (exact) mass is 471 g/mol. The summed E-state index contributed by atoms with van der Waals surface area (Å²) in [6, 6.07) is 23.2. The topological polar surface area (TPSA) is 43.9 Å². The summed E-state index contributed by atoms with van der Waals surface area (Å²) < 4.78 is 0. The first-order valence-corrected chi connectivity index (χ1v) is 11.9. The summed E-state index contributed by atoms with van der Waals surface area (Å²) in [5.41, 5.74) is 3.79. The summed E-state index contributed by atoms with van der Waals surface area (Å²) in [6.07, 6.45) is 4.34. The number of halogens is 1. The van der Waals surface area contributed by atoms with Crippen LogP contribution in [-0.4, -0.2) is 54.3 Å². The maximum absolute atomic E-state index is 13.3. The molecule has 2 heterocycles. The molecule has 0 aromatic heterocycles. The highest BCUT2D eigenvalue weighted by Crippen LogP contribution is 2.33. The average molecular weight is 472 g/mol. The first-order chi connectivity index (χ1) is 16.6. The van der Waals surface area contributed by atoms with Crippen LogP contribution >= 0.6 is 11.6 Å². The van der Waals surface area contributed by atoms with Crippen LogP contribution in [0.25, 0.3) is 6.08 Å². The highest BCUT2D eigenvalue weighted by atomic mass is 35.5. The third-order valence-electron chi connectivity index (χ3n) is 6.45. The molecule has 5 rings (SSSR count). The first kappa shape index (κ1) is 22.4. The van der Waals surface area contributed by atoms with Crippen molar-refractivity contribution in [2.75, 3.05) is 37.6 Å². The van der Waals surface area contributed by atoms with E-state index < -0.39 is 0 Å². The van der Waals surface area contributed by atoms with Crippen molar-refractivity contribution in [2.45, 2.75) is 6.54 Å². The molecule has 3 aromatic rings. The van der Waals surface area contributed by atoms with Crippen LogP contribution in [-0.2, 0) is 6.54 Å². The molecule has 172 valence electrons. The number of imide groups is 1. The van der Waals surface area contributed by atoms with Gasteiger partial charge in [0.05, 0.1) is 23.4 Å². The summed E-state index contributed by atoms with van der Waals surface area (Å²) in [7, 11) is 0. The highest BCUT2D eigenvalue weighted by molar-refractivity contribution is 6.31. The van der Waals surface area contributed by atoms with Crippen LogP contribution in [0, 0.1) is 0 Å². The fourth-order valence-corrected chi connectivity index (χ4v) is 4.79. The fraction of sp³-hybridized carbons (Fsp3) is 0.214. The van der Waals surface area contributed by atoms with E-state index in [-0.39, 0.29) is 18.4 Å². The Bertz CT molecular complexity index is 1230. The number of rotatable bonds is 6. The molecule has 0 N–H and O–H groups in total. The molecule has 2 amide bonds. The molecule has 0 saturated carbocycles. The number of nitrogens with zero attached hydrogens (tertiary/aromatic N) is 3. The maximum Gasteiger partial charge on any atom is 0.263 e. The smallest absolute Gasteiger partial charge is 0.263 e. The first-order valence-electron chi connectivity index (χ1n) is 11.5. The fourth-order valence-electron chi connectivity index (χ4n) is 4.59. The summed E-state index contributed by atoms with van der Waals surface area (Å²) >= 11 is 6.28. The Balaban J connectivity index is 1.27. The lowest BCUT2D eigenvalue weighted by Gasteiger charge is -2.36. The number of anilines is 1. The van der Waals surface area contributed by atoms with Crippen LogP contribution < -0.4 is 4.90 Å². The van der Waals surface area contributed by atoms with E-state index in [0.717, 1.165) is 44.0 Å². The van der Waals surface area contributed by atoms with Gasteiger partial charge in [0.1, 0.15) is 0 Å². The van der Waals surface area contributed by atoms with Crippen molar-refractivity contribution in [3.8, 4) is 0 Å². The van der Waals surface area contributed by atoms with Gasteiger partial charge in [-0.15, -0.1) is 0 Å². The molecule has 1 fully saturated rings. The molecule has 5 nitrogen and oxygen atoms in total. The minimum Gasteiger partial charge on any atom is -0.368 e. The predicted octanol–water partition coefficient (Wildman–Crippen LogP) is 4.97. The molecule has 0 bridgehead atoms. The zero-order chi connectivity index (χ0) is 23.5. The van der Waals surface area contributed by atoms with Gasteiger partial charge in [-0.2, -0.15) is 0 Å². The predicted molar refractivity (Wildman–Crippen MR) is 136 cm³/mol. The summed E-state index contributed by atoms with van der Waals surface area (Å²) in [5.74, 6) is -0.504. The van der Waals surface area contributed by atoms with E-state index in [2.05, 4.69) is 34.1 Å². The molecule has 2 aliphatic rings. The number of carbonyl (C=O) groups is 2. The standard InChI is InChI=1S/C28H26ClN3O2/c29-24-13-5-4-11-22(24)20-32-27(33)23-12-6-14-25(26(23)28(32)34)31-18-16-30(17-19-31)15-7-10-21-8-2-1-3-9-21/h1-14H,15-20H2/b10-7+. The highest BCUT2D eigenvalue weighted by Gasteiger charge is 2.38. The van der Waals surface area contributed by atoms with Gasteiger partial charge < -0.3 is 4.90 Å². The zero-order valence-corrected chi connectivity index (χ0v) is 19.6. The molecular formula is C28H26ClN3O2. The van der Waals surface area contributed by atoms with Gasteiger partial charge in [-0.1, -0.05) is 78.4 Å². The van der Waals surface area contributed by atoms with Crippen molar-refractivity contribution in [1.82, 2.24) is 9.80 Å². The molecule has 3 aromatic carbocycles. The van der Waals surface area contributed by atoms with Gasteiger partial charge in [0.15, 0.2) is 0 Å². The van der Waals surface area contributed by atoms with E-state index in [0.29, 0.717) is 16.1 Å². The second-order valence-corrected chi connectivity index (χ2v) is 9.00. The Morgan fingerprint density at radius 1 is 0.794 bits per heavy atom. The lowest BCUT2D eigenvalue weighted by Crippen LogP contribution is -2.46. The second kappa shape index (κ2) is 9.84. The Hall–Kier alpha value is -3.41. The van der Waals surface area contributed by atoms with Gasteiger partial charge in [-0.3, -0.25) is 19.4 Å². The van der Waals surface area contributed by atoms with Gasteiger partial charge in [0.2, 0.25) is 0 Å². The molecule has 34 heavy (non-hydrogen) atoms. The number of amides is 2. The van der Waals surface area contributed by atoms with Gasteiger partial charge in [-0.05, 0) is 29.3 Å². The Morgan fingerprint density at radius 2 is 1.53 bits per heavy atom. The summed E-state index contributed by atoms with van der Waals surface area (Å²) in [6.45, 7) is 4.47. The van der Waals surface area contributed by atoms with E-state index in [1.54, 1.807) is 12.1 Å².